The van der Waals surface area contributed by atoms with Crippen LogP contribution in [-0.4, -0.2) is 18.2 Å². The molecule has 0 saturated heterocycles. The fourth-order valence-corrected chi connectivity index (χ4v) is 2.48. The van der Waals surface area contributed by atoms with Gasteiger partial charge in [-0.15, -0.1) is 0 Å². The maximum atomic E-state index is 6.01. The predicted molar refractivity (Wildman–Crippen MR) is 91.6 cm³/mol. The van der Waals surface area contributed by atoms with E-state index in [0.717, 1.165) is 26.0 Å². The van der Waals surface area contributed by atoms with Crippen LogP contribution in [0.1, 0.15) is 59.1 Å². The number of ether oxygens (including phenoxy) is 1. The van der Waals surface area contributed by atoms with E-state index in [0.29, 0.717) is 12.0 Å². The summed E-state index contributed by atoms with van der Waals surface area (Å²) in [5.74, 6) is 0.686. The smallest absolute Gasteiger partial charge is 0.0723 e. The lowest BCUT2D eigenvalue weighted by molar-refractivity contribution is 0.0393. The van der Waals surface area contributed by atoms with Crippen molar-refractivity contribution in [1.82, 2.24) is 5.32 Å². The summed E-state index contributed by atoms with van der Waals surface area (Å²) < 4.78 is 6.01. The third-order valence-electron chi connectivity index (χ3n) is 3.49. The summed E-state index contributed by atoms with van der Waals surface area (Å²) in [5.41, 5.74) is 2.90. The summed E-state index contributed by atoms with van der Waals surface area (Å²) in [7, 11) is 0. The highest BCUT2D eigenvalue weighted by Crippen LogP contribution is 2.15. The first-order valence-corrected chi connectivity index (χ1v) is 8.21. The molecule has 0 radical (unpaired) electrons. The lowest BCUT2D eigenvalue weighted by Crippen LogP contribution is -2.37. The second-order valence-electron chi connectivity index (χ2n) is 7.45. The molecule has 0 heterocycles. The van der Waals surface area contributed by atoms with Crippen LogP contribution >= 0.6 is 0 Å². The van der Waals surface area contributed by atoms with E-state index in [9.17, 15) is 0 Å². The first-order chi connectivity index (χ1) is 9.78. The molecular weight excluding hydrogens is 258 g/mol. The second-order valence-corrected chi connectivity index (χ2v) is 7.45. The van der Waals surface area contributed by atoms with Gasteiger partial charge in [-0.25, -0.2) is 0 Å². The van der Waals surface area contributed by atoms with Gasteiger partial charge in [0.1, 0.15) is 0 Å². The van der Waals surface area contributed by atoms with Gasteiger partial charge in [0.25, 0.3) is 0 Å². The Bertz CT molecular complexity index is 406. The highest BCUT2D eigenvalue weighted by Gasteiger charge is 2.10. The van der Waals surface area contributed by atoms with Gasteiger partial charge in [0.2, 0.25) is 0 Å². The molecule has 0 aliphatic heterocycles. The van der Waals surface area contributed by atoms with Crippen LogP contribution in [0, 0.1) is 5.92 Å². The van der Waals surface area contributed by atoms with Crippen LogP contribution in [0.25, 0.3) is 0 Å². The Kier molecular flexibility index (Phi) is 7.41. The molecule has 21 heavy (non-hydrogen) atoms. The van der Waals surface area contributed by atoms with Crippen LogP contribution in [-0.2, 0) is 17.8 Å². The third-order valence-corrected chi connectivity index (χ3v) is 3.49. The van der Waals surface area contributed by atoms with E-state index >= 15 is 0 Å². The van der Waals surface area contributed by atoms with Gasteiger partial charge in [-0.2, -0.15) is 0 Å². The van der Waals surface area contributed by atoms with E-state index in [4.69, 9.17) is 4.74 Å². The Morgan fingerprint density at radius 1 is 1.05 bits per heavy atom. The highest BCUT2D eigenvalue weighted by molar-refractivity contribution is 5.26. The summed E-state index contributed by atoms with van der Waals surface area (Å²) in [5, 5.41) is 3.55. The highest BCUT2D eigenvalue weighted by atomic mass is 16.5. The van der Waals surface area contributed by atoms with Gasteiger partial charge >= 0.3 is 0 Å². The molecule has 120 valence electrons. The molecule has 0 bridgehead atoms. The van der Waals surface area contributed by atoms with Crippen molar-refractivity contribution in [1.29, 1.82) is 0 Å². The largest absolute Gasteiger partial charge is 0.374 e. The third kappa shape index (κ3) is 8.23. The summed E-state index contributed by atoms with van der Waals surface area (Å²) >= 11 is 0. The van der Waals surface area contributed by atoms with Gasteiger partial charge in [-0.1, -0.05) is 38.1 Å². The molecule has 0 aliphatic rings. The average molecular weight is 291 g/mol. The Labute approximate surface area is 131 Å². The molecule has 0 spiro atoms. The fraction of sp³-hybridized carbons (Fsp3) is 0.684. The van der Waals surface area contributed by atoms with E-state index in [-0.39, 0.29) is 5.54 Å². The maximum absolute atomic E-state index is 6.01. The molecule has 0 aromatic heterocycles. The number of nitrogens with one attached hydrogen (secondary N) is 1. The van der Waals surface area contributed by atoms with Gasteiger partial charge in [0, 0.05) is 5.54 Å². The lowest BCUT2D eigenvalue weighted by Gasteiger charge is -2.21. The van der Waals surface area contributed by atoms with Crippen molar-refractivity contribution in [3.8, 4) is 0 Å². The molecule has 0 aliphatic carbocycles. The van der Waals surface area contributed by atoms with Gasteiger partial charge < -0.3 is 10.1 Å². The topological polar surface area (TPSA) is 21.3 Å². The predicted octanol–water partition coefficient (Wildman–Crippen LogP) is 4.57. The molecule has 1 aromatic rings. The molecule has 0 saturated carbocycles. The standard InChI is InChI=1S/C19H33NO/c1-15(2)13-16(3)21-14-18-10-8-7-9-17(18)11-12-20-19(4,5)6/h7-10,15-16,20H,11-14H2,1-6H3. The minimum atomic E-state index is 0.178. The van der Waals surface area contributed by atoms with Gasteiger partial charge in [-0.3, -0.25) is 0 Å². The molecule has 1 atom stereocenters. The Hall–Kier alpha value is -0.860. The van der Waals surface area contributed by atoms with Gasteiger partial charge in [0.05, 0.1) is 12.7 Å². The second kappa shape index (κ2) is 8.55. The van der Waals surface area contributed by atoms with Gasteiger partial charge in [-0.05, 0) is 64.1 Å². The van der Waals surface area contributed by atoms with Crippen molar-refractivity contribution in [2.24, 2.45) is 5.92 Å². The van der Waals surface area contributed by atoms with E-state index in [2.05, 4.69) is 71.1 Å². The van der Waals surface area contributed by atoms with Crippen molar-refractivity contribution in [3.05, 3.63) is 35.4 Å². The van der Waals surface area contributed by atoms with Crippen LogP contribution in [0.4, 0.5) is 0 Å². The Morgan fingerprint density at radius 2 is 1.67 bits per heavy atom. The average Bonchev–Trinajstić information content (AvgIpc) is 2.35. The first kappa shape index (κ1) is 18.2. The first-order valence-electron chi connectivity index (χ1n) is 8.21. The number of hydrogen-bond donors (Lipinski definition) is 1. The number of hydrogen-bond acceptors (Lipinski definition) is 2. The normalized spacial score (nSPS) is 13.7. The van der Waals surface area contributed by atoms with Crippen molar-refractivity contribution in [2.75, 3.05) is 6.54 Å². The van der Waals surface area contributed by atoms with E-state index in [1.807, 2.05) is 0 Å². The summed E-state index contributed by atoms with van der Waals surface area (Å²) in [4.78, 5) is 0. The summed E-state index contributed by atoms with van der Waals surface area (Å²) in [6, 6.07) is 8.63. The van der Waals surface area contributed by atoms with Crippen LogP contribution in [0.3, 0.4) is 0 Å². The molecule has 1 unspecified atom stereocenters. The van der Waals surface area contributed by atoms with Crippen molar-refractivity contribution in [3.63, 3.8) is 0 Å². The SMILES string of the molecule is CC(C)CC(C)OCc1ccccc1CCNC(C)(C)C. The molecular formula is C19H33NO. The van der Waals surface area contributed by atoms with Gasteiger partial charge in [0.15, 0.2) is 0 Å². The van der Waals surface area contributed by atoms with E-state index < -0.39 is 0 Å². The van der Waals surface area contributed by atoms with Crippen LogP contribution in [0.2, 0.25) is 0 Å². The van der Waals surface area contributed by atoms with Crippen LogP contribution < -0.4 is 5.32 Å². The number of rotatable bonds is 8. The van der Waals surface area contributed by atoms with Crippen molar-refractivity contribution in [2.45, 2.75) is 72.6 Å². The molecule has 0 amide bonds. The maximum Gasteiger partial charge on any atom is 0.0723 e. The summed E-state index contributed by atoms with van der Waals surface area (Å²) in [6.07, 6.45) is 2.49. The molecule has 1 N–H and O–H groups in total. The minimum Gasteiger partial charge on any atom is -0.374 e. The Balaban J connectivity index is 2.51. The lowest BCUT2D eigenvalue weighted by atomic mass is 10.0. The molecule has 1 rings (SSSR count). The fourth-order valence-electron chi connectivity index (χ4n) is 2.48. The number of benzene rings is 1. The van der Waals surface area contributed by atoms with Crippen molar-refractivity contribution < 1.29 is 4.74 Å². The Morgan fingerprint density at radius 3 is 2.24 bits per heavy atom. The monoisotopic (exact) mass is 291 g/mol. The molecule has 2 heteroatoms. The minimum absolute atomic E-state index is 0.178. The molecule has 0 fully saturated rings. The zero-order valence-electron chi connectivity index (χ0n) is 14.7. The summed E-state index contributed by atoms with van der Waals surface area (Å²) in [6.45, 7) is 15.0. The zero-order valence-corrected chi connectivity index (χ0v) is 14.7. The quantitative estimate of drug-likeness (QED) is 0.757. The molecule has 1 aromatic carbocycles. The van der Waals surface area contributed by atoms with Crippen LogP contribution in [0.15, 0.2) is 24.3 Å². The van der Waals surface area contributed by atoms with E-state index in [1.165, 1.54) is 11.1 Å². The van der Waals surface area contributed by atoms with E-state index in [1.54, 1.807) is 0 Å². The molecule has 2 nitrogen and oxygen atoms in total. The van der Waals surface area contributed by atoms with Crippen LogP contribution in [0.5, 0.6) is 0 Å². The zero-order chi connectivity index (χ0) is 15.9. The van der Waals surface area contributed by atoms with Crippen molar-refractivity contribution >= 4 is 0 Å².